The Morgan fingerprint density at radius 3 is 1.81 bits per heavy atom. The topological polar surface area (TPSA) is 103 Å². The Hall–Kier alpha value is -3.88. The first-order valence-electron chi connectivity index (χ1n) is 9.48. The molecule has 0 saturated heterocycles. The summed E-state index contributed by atoms with van der Waals surface area (Å²) in [4.78, 5) is 26.2. The summed E-state index contributed by atoms with van der Waals surface area (Å²) in [5, 5.41) is -0.00331. The predicted molar refractivity (Wildman–Crippen MR) is 117 cm³/mol. The normalized spacial score (nSPS) is 10.6. The van der Waals surface area contributed by atoms with Crippen molar-refractivity contribution in [1.82, 2.24) is 0 Å². The van der Waals surface area contributed by atoms with E-state index in [2.05, 4.69) is 0 Å². The van der Waals surface area contributed by atoms with E-state index in [-0.39, 0.29) is 45.3 Å². The fraction of sp³-hybridized carbons (Fsp3) is 0.304. The molecule has 3 rings (SSSR count). The monoisotopic (exact) mass is 444 g/mol. The third kappa shape index (κ3) is 3.45. The van der Waals surface area contributed by atoms with Gasteiger partial charge in [0, 0.05) is 5.56 Å². The lowest BCUT2D eigenvalue weighted by molar-refractivity contribution is 0.101. The molecular formula is C23H24O9. The maximum absolute atomic E-state index is 13.6. The molecule has 1 heterocycles. The van der Waals surface area contributed by atoms with Crippen LogP contribution < -0.4 is 33.8 Å². The lowest BCUT2D eigenvalue weighted by Crippen LogP contribution is -2.16. The number of hydrogen-bond donors (Lipinski definition) is 0. The largest absolute Gasteiger partial charge is 0.493 e. The number of carbonyl (C=O) groups excluding carboxylic acids is 1. The average molecular weight is 444 g/mol. The highest BCUT2D eigenvalue weighted by atomic mass is 16.5. The van der Waals surface area contributed by atoms with Crippen LogP contribution in [0.3, 0.4) is 0 Å². The molecule has 0 N–H and O–H groups in total. The second kappa shape index (κ2) is 9.09. The molecule has 0 unspecified atom stereocenters. The number of Topliss-reactive ketones (excluding diaryl/α,β-unsaturated/α-hetero) is 1. The van der Waals surface area contributed by atoms with Gasteiger partial charge in [-0.15, -0.1) is 0 Å². The summed E-state index contributed by atoms with van der Waals surface area (Å²) >= 11 is 0. The molecular weight excluding hydrogens is 420 g/mol. The summed E-state index contributed by atoms with van der Waals surface area (Å²) in [6, 6.07) is 4.91. The standard InChI is InChI=1S/C23H24O9/c1-11(24)15-17(25)16-19(28-4)21(29-5)23(31-7)22(30-6)20(16)32-18(15)12-8-9-13(26-2)14(10-12)27-3/h8-10H,1-7H3. The van der Waals surface area contributed by atoms with Crippen LogP contribution in [0.1, 0.15) is 17.3 Å². The molecule has 0 amide bonds. The molecule has 0 aliphatic carbocycles. The van der Waals surface area contributed by atoms with E-state index in [9.17, 15) is 9.59 Å². The van der Waals surface area contributed by atoms with Crippen LogP contribution in [0.25, 0.3) is 22.3 Å². The van der Waals surface area contributed by atoms with E-state index < -0.39 is 11.2 Å². The van der Waals surface area contributed by atoms with Crippen molar-refractivity contribution in [1.29, 1.82) is 0 Å². The summed E-state index contributed by atoms with van der Waals surface area (Å²) in [5.74, 6) is 0.944. The smallest absolute Gasteiger partial charge is 0.211 e. The highest BCUT2D eigenvalue weighted by Crippen LogP contribution is 2.51. The summed E-state index contributed by atoms with van der Waals surface area (Å²) in [7, 11) is 8.58. The summed E-state index contributed by atoms with van der Waals surface area (Å²) in [6.45, 7) is 1.28. The molecule has 0 bridgehead atoms. The van der Waals surface area contributed by atoms with Crippen molar-refractivity contribution in [2.45, 2.75) is 6.92 Å². The van der Waals surface area contributed by atoms with Gasteiger partial charge in [-0.25, -0.2) is 0 Å². The highest BCUT2D eigenvalue weighted by Gasteiger charge is 2.30. The SMILES string of the molecule is COc1ccc(-c2oc3c(OC)c(OC)c(OC)c(OC)c3c(=O)c2C(C)=O)cc1OC. The van der Waals surface area contributed by atoms with Gasteiger partial charge in [-0.2, -0.15) is 0 Å². The van der Waals surface area contributed by atoms with E-state index >= 15 is 0 Å². The molecule has 0 atom stereocenters. The van der Waals surface area contributed by atoms with Gasteiger partial charge in [-0.05, 0) is 25.1 Å². The van der Waals surface area contributed by atoms with Crippen molar-refractivity contribution < 1.29 is 37.6 Å². The maximum Gasteiger partial charge on any atom is 0.211 e. The summed E-state index contributed by atoms with van der Waals surface area (Å²) in [5.41, 5.74) is -0.277. The van der Waals surface area contributed by atoms with E-state index in [1.807, 2.05) is 0 Å². The van der Waals surface area contributed by atoms with Crippen molar-refractivity contribution in [2.24, 2.45) is 0 Å². The van der Waals surface area contributed by atoms with Gasteiger partial charge < -0.3 is 32.8 Å². The van der Waals surface area contributed by atoms with Gasteiger partial charge in [0.05, 0.1) is 42.7 Å². The van der Waals surface area contributed by atoms with Crippen molar-refractivity contribution in [3.8, 4) is 45.8 Å². The number of carbonyl (C=O) groups is 1. The molecule has 0 radical (unpaired) electrons. The fourth-order valence-electron chi connectivity index (χ4n) is 3.58. The Labute approximate surface area is 184 Å². The van der Waals surface area contributed by atoms with Gasteiger partial charge in [0.15, 0.2) is 28.6 Å². The van der Waals surface area contributed by atoms with E-state index in [0.29, 0.717) is 17.1 Å². The van der Waals surface area contributed by atoms with Crippen LogP contribution in [0, 0.1) is 0 Å². The van der Waals surface area contributed by atoms with Gasteiger partial charge in [-0.1, -0.05) is 0 Å². The third-order valence-corrected chi connectivity index (χ3v) is 4.98. The number of ketones is 1. The van der Waals surface area contributed by atoms with Crippen LogP contribution in [-0.2, 0) is 0 Å². The third-order valence-electron chi connectivity index (χ3n) is 4.98. The van der Waals surface area contributed by atoms with Crippen molar-refractivity contribution in [3.05, 3.63) is 34.0 Å². The molecule has 0 fully saturated rings. The van der Waals surface area contributed by atoms with Crippen LogP contribution in [0.15, 0.2) is 27.4 Å². The fourth-order valence-corrected chi connectivity index (χ4v) is 3.58. The van der Waals surface area contributed by atoms with Crippen LogP contribution in [0.2, 0.25) is 0 Å². The molecule has 9 nitrogen and oxygen atoms in total. The minimum Gasteiger partial charge on any atom is -0.493 e. The molecule has 0 saturated carbocycles. The van der Waals surface area contributed by atoms with E-state index in [4.69, 9.17) is 32.8 Å². The maximum atomic E-state index is 13.6. The highest BCUT2D eigenvalue weighted by molar-refractivity contribution is 6.05. The Kier molecular flexibility index (Phi) is 6.47. The first-order chi connectivity index (χ1) is 15.4. The average Bonchev–Trinajstić information content (AvgIpc) is 2.81. The molecule has 170 valence electrons. The van der Waals surface area contributed by atoms with Gasteiger partial charge >= 0.3 is 0 Å². The lowest BCUT2D eigenvalue weighted by atomic mass is 10.0. The Morgan fingerprint density at radius 2 is 1.31 bits per heavy atom. The Bertz CT molecular complexity index is 1240. The first kappa shape index (κ1) is 22.8. The van der Waals surface area contributed by atoms with E-state index in [0.717, 1.165) is 0 Å². The minimum absolute atomic E-state index is 0.00331. The molecule has 0 aliphatic heterocycles. The van der Waals surface area contributed by atoms with Crippen molar-refractivity contribution in [3.63, 3.8) is 0 Å². The second-order valence-corrected chi connectivity index (χ2v) is 6.60. The summed E-state index contributed by atoms with van der Waals surface area (Å²) in [6.07, 6.45) is 0. The molecule has 32 heavy (non-hydrogen) atoms. The number of hydrogen-bond acceptors (Lipinski definition) is 9. The minimum atomic E-state index is -0.598. The molecule has 1 aromatic heterocycles. The molecule has 2 aromatic carbocycles. The lowest BCUT2D eigenvalue weighted by Gasteiger charge is -2.19. The first-order valence-corrected chi connectivity index (χ1v) is 9.48. The quantitative estimate of drug-likeness (QED) is 0.481. The van der Waals surface area contributed by atoms with Crippen LogP contribution in [-0.4, -0.2) is 48.4 Å². The van der Waals surface area contributed by atoms with Gasteiger partial charge in [-0.3, -0.25) is 9.59 Å². The molecule has 9 heteroatoms. The number of methoxy groups -OCH3 is 6. The van der Waals surface area contributed by atoms with Crippen molar-refractivity contribution in [2.75, 3.05) is 42.7 Å². The van der Waals surface area contributed by atoms with E-state index in [1.54, 1.807) is 18.2 Å². The zero-order valence-electron chi connectivity index (χ0n) is 18.9. The van der Waals surface area contributed by atoms with Crippen LogP contribution in [0.4, 0.5) is 0 Å². The Morgan fingerprint density at radius 1 is 0.750 bits per heavy atom. The molecule has 3 aromatic rings. The Balaban J connectivity index is 2.56. The van der Waals surface area contributed by atoms with Gasteiger partial charge in [0.2, 0.25) is 22.7 Å². The van der Waals surface area contributed by atoms with Crippen LogP contribution >= 0.6 is 0 Å². The molecule has 0 spiro atoms. The van der Waals surface area contributed by atoms with Gasteiger partial charge in [0.25, 0.3) is 0 Å². The second-order valence-electron chi connectivity index (χ2n) is 6.60. The number of fused-ring (bicyclic) bond motifs is 1. The number of rotatable bonds is 8. The predicted octanol–water partition coefficient (Wildman–Crippen LogP) is 3.71. The molecule has 0 aliphatic rings. The number of benzene rings is 2. The van der Waals surface area contributed by atoms with Crippen LogP contribution in [0.5, 0.6) is 34.5 Å². The van der Waals surface area contributed by atoms with E-state index in [1.165, 1.54) is 49.6 Å². The van der Waals surface area contributed by atoms with Gasteiger partial charge in [0.1, 0.15) is 16.7 Å². The van der Waals surface area contributed by atoms with Crippen molar-refractivity contribution >= 4 is 16.8 Å². The zero-order valence-corrected chi connectivity index (χ0v) is 18.9. The summed E-state index contributed by atoms with van der Waals surface area (Å²) < 4.78 is 38.6. The zero-order chi connectivity index (χ0) is 23.6. The number of ether oxygens (including phenoxy) is 6.